The van der Waals surface area contributed by atoms with Crippen molar-refractivity contribution < 1.29 is 0 Å². The third kappa shape index (κ3) is 2.71. The predicted octanol–water partition coefficient (Wildman–Crippen LogP) is 4.57. The van der Waals surface area contributed by atoms with Gasteiger partial charge in [0.05, 0.1) is 10.7 Å². The summed E-state index contributed by atoms with van der Waals surface area (Å²) in [5.74, 6) is 0. The van der Waals surface area contributed by atoms with Crippen LogP contribution in [0.5, 0.6) is 0 Å². The Kier molecular flexibility index (Phi) is 3.96. The van der Waals surface area contributed by atoms with Crippen LogP contribution in [-0.2, 0) is 5.41 Å². The van der Waals surface area contributed by atoms with Crippen molar-refractivity contribution in [2.45, 2.75) is 52.4 Å². The number of hydrogen-bond acceptors (Lipinski definition) is 2. The lowest BCUT2D eigenvalue weighted by atomic mass is 9.88. The lowest BCUT2D eigenvalue weighted by Crippen LogP contribution is -2.16. The molecule has 0 atom stereocenters. The molecule has 0 saturated heterocycles. The maximum absolute atomic E-state index is 6.03. The quantitative estimate of drug-likeness (QED) is 0.740. The van der Waals surface area contributed by atoms with E-state index in [-0.39, 0.29) is 5.41 Å². The Hall–Kier alpha value is -0.0800. The SMILES string of the molecule is CCCCC(C)(C)c1nc(C)c(Cl)s1. The third-order valence-electron chi connectivity index (χ3n) is 2.47. The molecule has 0 unspecified atom stereocenters. The van der Waals surface area contributed by atoms with Crippen LogP contribution in [0.3, 0.4) is 0 Å². The Morgan fingerprint density at radius 2 is 2.07 bits per heavy atom. The number of halogens is 1. The van der Waals surface area contributed by atoms with Crippen LogP contribution in [0, 0.1) is 6.92 Å². The van der Waals surface area contributed by atoms with Gasteiger partial charge < -0.3 is 0 Å². The number of hydrogen-bond donors (Lipinski definition) is 0. The van der Waals surface area contributed by atoms with Crippen molar-refractivity contribution in [3.63, 3.8) is 0 Å². The number of aromatic nitrogens is 1. The molecule has 0 spiro atoms. The summed E-state index contributed by atoms with van der Waals surface area (Å²) >= 11 is 7.65. The van der Waals surface area contributed by atoms with Crippen molar-refractivity contribution in [2.75, 3.05) is 0 Å². The minimum absolute atomic E-state index is 0.179. The molecule has 0 aliphatic carbocycles. The molecule has 0 aliphatic rings. The smallest absolute Gasteiger partial charge is 0.116 e. The van der Waals surface area contributed by atoms with Gasteiger partial charge in [0, 0.05) is 5.41 Å². The van der Waals surface area contributed by atoms with Gasteiger partial charge in [0.25, 0.3) is 0 Å². The molecule has 1 nitrogen and oxygen atoms in total. The third-order valence-corrected chi connectivity index (χ3v) is 4.29. The van der Waals surface area contributed by atoms with Crippen molar-refractivity contribution in [2.24, 2.45) is 0 Å². The lowest BCUT2D eigenvalue weighted by molar-refractivity contribution is 0.455. The molecule has 80 valence electrons. The zero-order chi connectivity index (χ0) is 10.8. The summed E-state index contributed by atoms with van der Waals surface area (Å²) in [7, 11) is 0. The second kappa shape index (κ2) is 4.63. The molecular formula is C11H18ClNS. The summed E-state index contributed by atoms with van der Waals surface area (Å²) in [6, 6.07) is 0. The fourth-order valence-corrected chi connectivity index (χ4v) is 2.58. The second-order valence-corrected chi connectivity index (χ2v) is 5.97. The molecule has 1 aromatic rings. The zero-order valence-electron chi connectivity index (χ0n) is 9.35. The molecule has 0 fully saturated rings. The Morgan fingerprint density at radius 3 is 2.50 bits per heavy atom. The number of thiazole rings is 1. The summed E-state index contributed by atoms with van der Waals surface area (Å²) in [4.78, 5) is 4.52. The van der Waals surface area contributed by atoms with Crippen molar-refractivity contribution in [1.82, 2.24) is 4.98 Å². The molecule has 0 radical (unpaired) electrons. The van der Waals surface area contributed by atoms with Gasteiger partial charge in [-0.3, -0.25) is 0 Å². The lowest BCUT2D eigenvalue weighted by Gasteiger charge is -2.21. The molecule has 0 N–H and O–H groups in total. The average Bonchev–Trinajstić information content (AvgIpc) is 2.45. The van der Waals surface area contributed by atoms with Gasteiger partial charge in [0.2, 0.25) is 0 Å². The van der Waals surface area contributed by atoms with Crippen LogP contribution in [0.1, 0.15) is 50.7 Å². The van der Waals surface area contributed by atoms with E-state index < -0.39 is 0 Å². The first-order valence-electron chi connectivity index (χ1n) is 5.11. The molecule has 0 aromatic carbocycles. The second-order valence-electron chi connectivity index (χ2n) is 4.37. The Morgan fingerprint density at radius 1 is 1.43 bits per heavy atom. The summed E-state index contributed by atoms with van der Waals surface area (Å²) in [6.07, 6.45) is 3.68. The first kappa shape index (κ1) is 12.0. The van der Waals surface area contributed by atoms with E-state index in [1.54, 1.807) is 11.3 Å². The number of unbranched alkanes of at least 4 members (excludes halogenated alkanes) is 1. The Bertz CT molecular complexity index is 285. The highest BCUT2D eigenvalue weighted by molar-refractivity contribution is 7.16. The van der Waals surface area contributed by atoms with Crippen LogP contribution in [0.15, 0.2) is 0 Å². The maximum atomic E-state index is 6.03. The van der Waals surface area contributed by atoms with E-state index in [9.17, 15) is 0 Å². The number of rotatable bonds is 4. The maximum Gasteiger partial charge on any atom is 0.116 e. The molecule has 3 heteroatoms. The molecule has 0 amide bonds. The molecule has 0 saturated carbocycles. The van der Waals surface area contributed by atoms with E-state index in [0.29, 0.717) is 0 Å². The molecule has 1 heterocycles. The van der Waals surface area contributed by atoms with Gasteiger partial charge in [0.15, 0.2) is 0 Å². The van der Waals surface area contributed by atoms with Gasteiger partial charge in [-0.05, 0) is 13.3 Å². The van der Waals surface area contributed by atoms with E-state index in [1.165, 1.54) is 24.3 Å². The summed E-state index contributed by atoms with van der Waals surface area (Å²) in [6.45, 7) is 8.68. The minimum Gasteiger partial charge on any atom is -0.244 e. The molecule has 0 aliphatic heterocycles. The van der Waals surface area contributed by atoms with Crippen molar-refractivity contribution in [1.29, 1.82) is 0 Å². The zero-order valence-corrected chi connectivity index (χ0v) is 10.9. The van der Waals surface area contributed by atoms with Gasteiger partial charge in [-0.25, -0.2) is 4.98 Å². The summed E-state index contributed by atoms with van der Waals surface area (Å²) in [5.41, 5.74) is 1.15. The normalized spacial score (nSPS) is 12.1. The number of nitrogens with zero attached hydrogens (tertiary/aromatic N) is 1. The van der Waals surface area contributed by atoms with E-state index >= 15 is 0 Å². The Labute approximate surface area is 95.5 Å². The van der Waals surface area contributed by atoms with Crippen molar-refractivity contribution >= 4 is 22.9 Å². The first-order valence-corrected chi connectivity index (χ1v) is 6.30. The predicted molar refractivity (Wildman–Crippen MR) is 64.4 cm³/mol. The highest BCUT2D eigenvalue weighted by Gasteiger charge is 2.24. The van der Waals surface area contributed by atoms with Gasteiger partial charge >= 0.3 is 0 Å². The molecular weight excluding hydrogens is 214 g/mol. The highest BCUT2D eigenvalue weighted by atomic mass is 35.5. The molecule has 14 heavy (non-hydrogen) atoms. The first-order chi connectivity index (χ1) is 6.47. The van der Waals surface area contributed by atoms with Crippen molar-refractivity contribution in [3.8, 4) is 0 Å². The molecule has 1 aromatic heterocycles. The van der Waals surface area contributed by atoms with Gasteiger partial charge in [0.1, 0.15) is 4.34 Å². The van der Waals surface area contributed by atoms with Crippen LogP contribution in [0.4, 0.5) is 0 Å². The van der Waals surface area contributed by atoms with E-state index in [2.05, 4.69) is 25.8 Å². The van der Waals surface area contributed by atoms with Gasteiger partial charge in [-0.1, -0.05) is 45.2 Å². The van der Waals surface area contributed by atoms with Crippen LogP contribution in [-0.4, -0.2) is 4.98 Å². The Balaban J connectivity index is 2.80. The van der Waals surface area contributed by atoms with E-state index in [1.807, 2.05) is 6.92 Å². The molecule has 1 rings (SSSR count). The number of aryl methyl sites for hydroxylation is 1. The summed E-state index contributed by atoms with van der Waals surface area (Å²) in [5, 5.41) is 1.17. The standard InChI is InChI=1S/C11H18ClNS/c1-5-6-7-11(3,4)10-13-8(2)9(12)14-10/h5-7H2,1-4H3. The van der Waals surface area contributed by atoms with Gasteiger partial charge in [-0.2, -0.15) is 0 Å². The minimum atomic E-state index is 0.179. The fourth-order valence-electron chi connectivity index (χ4n) is 1.39. The highest BCUT2D eigenvalue weighted by Crippen LogP contribution is 2.35. The van der Waals surface area contributed by atoms with Crippen molar-refractivity contribution in [3.05, 3.63) is 15.0 Å². The van der Waals surface area contributed by atoms with Gasteiger partial charge in [-0.15, -0.1) is 11.3 Å². The van der Waals surface area contributed by atoms with E-state index in [4.69, 9.17) is 11.6 Å². The monoisotopic (exact) mass is 231 g/mol. The molecule has 0 bridgehead atoms. The van der Waals surface area contributed by atoms with Crippen LogP contribution >= 0.6 is 22.9 Å². The summed E-state index contributed by atoms with van der Waals surface area (Å²) < 4.78 is 0.838. The van der Waals surface area contributed by atoms with E-state index in [0.717, 1.165) is 10.0 Å². The van der Waals surface area contributed by atoms with Crippen LogP contribution in [0.2, 0.25) is 4.34 Å². The largest absolute Gasteiger partial charge is 0.244 e. The topological polar surface area (TPSA) is 12.9 Å². The average molecular weight is 232 g/mol. The fraction of sp³-hybridized carbons (Fsp3) is 0.727. The van der Waals surface area contributed by atoms with Crippen LogP contribution in [0.25, 0.3) is 0 Å². The van der Waals surface area contributed by atoms with Crippen LogP contribution < -0.4 is 0 Å².